The molecule has 0 atom stereocenters. The zero-order chi connectivity index (χ0) is 15.8. The number of thioether (sulfide) groups is 1. The van der Waals surface area contributed by atoms with E-state index in [1.54, 1.807) is 0 Å². The average Bonchev–Trinajstić information content (AvgIpc) is 2.57. The van der Waals surface area contributed by atoms with Crippen LogP contribution in [-0.2, 0) is 11.3 Å². The van der Waals surface area contributed by atoms with E-state index in [0.29, 0.717) is 0 Å². The van der Waals surface area contributed by atoms with E-state index < -0.39 is 0 Å². The number of halogens is 1. The van der Waals surface area contributed by atoms with Crippen LogP contribution in [0.1, 0.15) is 24.0 Å². The minimum absolute atomic E-state index is 0. The van der Waals surface area contributed by atoms with Crippen LogP contribution in [0.2, 0.25) is 0 Å². The number of guanidine groups is 1. The fourth-order valence-corrected chi connectivity index (χ4v) is 3.44. The lowest BCUT2D eigenvalue weighted by molar-refractivity contribution is 0.0783. The minimum Gasteiger partial charge on any atom is -0.381 e. The Morgan fingerprint density at radius 3 is 2.57 bits per heavy atom. The van der Waals surface area contributed by atoms with Gasteiger partial charge in [0.25, 0.3) is 0 Å². The maximum Gasteiger partial charge on any atom is 0.191 e. The van der Waals surface area contributed by atoms with Crippen molar-refractivity contribution in [3.05, 3.63) is 35.4 Å². The molecule has 1 aromatic carbocycles. The predicted octanol–water partition coefficient (Wildman–Crippen LogP) is 3.19. The van der Waals surface area contributed by atoms with Crippen LogP contribution in [0.3, 0.4) is 0 Å². The van der Waals surface area contributed by atoms with Crippen molar-refractivity contribution in [2.45, 2.75) is 31.1 Å². The Hall–Kier alpha value is -0.470. The van der Waals surface area contributed by atoms with Gasteiger partial charge < -0.3 is 15.4 Å². The van der Waals surface area contributed by atoms with E-state index in [2.05, 4.69) is 53.1 Å². The molecule has 1 heterocycles. The summed E-state index contributed by atoms with van der Waals surface area (Å²) in [5.74, 6) is 0.864. The van der Waals surface area contributed by atoms with Crippen molar-refractivity contribution in [3.63, 3.8) is 0 Å². The van der Waals surface area contributed by atoms with Crippen molar-refractivity contribution in [1.82, 2.24) is 10.6 Å². The summed E-state index contributed by atoms with van der Waals surface area (Å²) >= 11 is 1.94. The van der Waals surface area contributed by atoms with Gasteiger partial charge in [-0.1, -0.05) is 24.3 Å². The van der Waals surface area contributed by atoms with Gasteiger partial charge in [-0.25, -0.2) is 0 Å². The molecule has 0 saturated carbocycles. The Morgan fingerprint density at radius 1 is 1.26 bits per heavy atom. The summed E-state index contributed by atoms with van der Waals surface area (Å²) in [5, 5.41) is 6.89. The van der Waals surface area contributed by atoms with Gasteiger partial charge in [0.1, 0.15) is 0 Å². The van der Waals surface area contributed by atoms with E-state index in [1.165, 1.54) is 11.1 Å². The first-order valence-corrected chi connectivity index (χ1v) is 9.03. The monoisotopic (exact) mass is 449 g/mol. The molecule has 1 aromatic rings. The SMILES string of the molecule is CN=C(NCc1ccccc1C)NCC1(SC)CCOCC1.I. The molecule has 0 bridgehead atoms. The van der Waals surface area contributed by atoms with E-state index in [1.807, 2.05) is 18.8 Å². The van der Waals surface area contributed by atoms with Crippen LogP contribution >= 0.6 is 35.7 Å². The van der Waals surface area contributed by atoms with Gasteiger partial charge in [-0.15, -0.1) is 24.0 Å². The van der Waals surface area contributed by atoms with E-state index in [9.17, 15) is 0 Å². The third-order valence-electron chi connectivity index (χ3n) is 4.35. The number of rotatable bonds is 5. The summed E-state index contributed by atoms with van der Waals surface area (Å²) in [4.78, 5) is 4.34. The molecule has 1 saturated heterocycles. The normalized spacial score (nSPS) is 17.3. The number of benzene rings is 1. The van der Waals surface area contributed by atoms with Gasteiger partial charge in [-0.2, -0.15) is 11.8 Å². The fourth-order valence-electron chi connectivity index (χ4n) is 2.65. The molecular formula is C17H28IN3OS. The van der Waals surface area contributed by atoms with Crippen LogP contribution in [0, 0.1) is 6.92 Å². The molecule has 130 valence electrons. The van der Waals surface area contributed by atoms with Gasteiger partial charge in [-0.3, -0.25) is 4.99 Å². The maximum absolute atomic E-state index is 5.49. The number of aryl methyl sites for hydroxylation is 1. The predicted molar refractivity (Wildman–Crippen MR) is 111 cm³/mol. The third-order valence-corrected chi connectivity index (χ3v) is 5.76. The summed E-state index contributed by atoms with van der Waals surface area (Å²) in [5.41, 5.74) is 2.60. The van der Waals surface area contributed by atoms with Crippen LogP contribution < -0.4 is 10.6 Å². The molecule has 0 aliphatic carbocycles. The highest BCUT2D eigenvalue weighted by molar-refractivity contribution is 14.0. The molecule has 0 aromatic heterocycles. The van der Waals surface area contributed by atoms with Gasteiger partial charge in [0, 0.05) is 38.1 Å². The first-order chi connectivity index (χ1) is 10.7. The highest BCUT2D eigenvalue weighted by atomic mass is 127. The van der Waals surface area contributed by atoms with Crippen LogP contribution in [0.4, 0.5) is 0 Å². The lowest BCUT2D eigenvalue weighted by Crippen LogP contribution is -2.47. The Labute approximate surface area is 161 Å². The van der Waals surface area contributed by atoms with Gasteiger partial charge in [-0.05, 0) is 37.1 Å². The van der Waals surface area contributed by atoms with Crippen LogP contribution in [0.15, 0.2) is 29.3 Å². The highest BCUT2D eigenvalue weighted by Crippen LogP contribution is 2.32. The molecular weight excluding hydrogens is 421 g/mol. The van der Waals surface area contributed by atoms with Crippen molar-refractivity contribution >= 4 is 41.7 Å². The Bertz CT molecular complexity index is 504. The zero-order valence-electron chi connectivity index (χ0n) is 14.2. The topological polar surface area (TPSA) is 45.7 Å². The molecule has 2 rings (SSSR count). The average molecular weight is 449 g/mol. The smallest absolute Gasteiger partial charge is 0.191 e. The first-order valence-electron chi connectivity index (χ1n) is 7.81. The first kappa shape index (κ1) is 20.6. The quantitative estimate of drug-likeness (QED) is 0.412. The molecule has 1 fully saturated rings. The number of nitrogens with zero attached hydrogens (tertiary/aromatic N) is 1. The van der Waals surface area contributed by atoms with E-state index in [-0.39, 0.29) is 28.7 Å². The molecule has 4 nitrogen and oxygen atoms in total. The second kappa shape index (κ2) is 10.4. The lowest BCUT2D eigenvalue weighted by atomic mass is 9.99. The Kier molecular flexibility index (Phi) is 9.31. The maximum atomic E-state index is 5.49. The van der Waals surface area contributed by atoms with Gasteiger partial charge in [0.15, 0.2) is 5.96 Å². The summed E-state index contributed by atoms with van der Waals surface area (Å²) in [6.07, 6.45) is 4.38. The number of hydrogen-bond acceptors (Lipinski definition) is 3. The molecule has 1 aliphatic rings. The van der Waals surface area contributed by atoms with Crippen molar-refractivity contribution in [1.29, 1.82) is 0 Å². The number of nitrogens with one attached hydrogen (secondary N) is 2. The largest absolute Gasteiger partial charge is 0.381 e. The van der Waals surface area contributed by atoms with Gasteiger partial charge >= 0.3 is 0 Å². The minimum atomic E-state index is 0. The molecule has 2 N–H and O–H groups in total. The van der Waals surface area contributed by atoms with Crippen molar-refractivity contribution in [2.75, 3.05) is 33.1 Å². The molecule has 0 unspecified atom stereocenters. The molecule has 0 radical (unpaired) electrons. The lowest BCUT2D eigenvalue weighted by Gasteiger charge is -2.36. The van der Waals surface area contributed by atoms with E-state index >= 15 is 0 Å². The molecule has 0 amide bonds. The molecule has 6 heteroatoms. The van der Waals surface area contributed by atoms with Crippen LogP contribution in [-0.4, -0.2) is 43.8 Å². The zero-order valence-corrected chi connectivity index (χ0v) is 17.4. The molecule has 1 aliphatic heterocycles. The fraction of sp³-hybridized carbons (Fsp3) is 0.588. The summed E-state index contributed by atoms with van der Waals surface area (Å²) in [6.45, 7) is 5.57. The van der Waals surface area contributed by atoms with Crippen molar-refractivity contribution < 1.29 is 4.74 Å². The Morgan fingerprint density at radius 2 is 1.96 bits per heavy atom. The van der Waals surface area contributed by atoms with Crippen molar-refractivity contribution in [2.24, 2.45) is 4.99 Å². The number of ether oxygens (including phenoxy) is 1. The van der Waals surface area contributed by atoms with E-state index in [4.69, 9.17) is 4.74 Å². The second-order valence-electron chi connectivity index (χ2n) is 5.71. The summed E-state index contributed by atoms with van der Waals surface area (Å²) in [6, 6.07) is 8.43. The Balaban J connectivity index is 0.00000264. The highest BCUT2D eigenvalue weighted by Gasteiger charge is 2.31. The van der Waals surface area contributed by atoms with Crippen LogP contribution in [0.25, 0.3) is 0 Å². The number of aliphatic imine (C=N–C) groups is 1. The molecule has 0 spiro atoms. The summed E-state index contributed by atoms with van der Waals surface area (Å²) in [7, 11) is 1.82. The van der Waals surface area contributed by atoms with Gasteiger partial charge in [0.05, 0.1) is 0 Å². The van der Waals surface area contributed by atoms with Crippen molar-refractivity contribution in [3.8, 4) is 0 Å². The second-order valence-corrected chi connectivity index (χ2v) is 6.98. The van der Waals surface area contributed by atoms with E-state index in [0.717, 1.165) is 45.1 Å². The van der Waals surface area contributed by atoms with Crippen LogP contribution in [0.5, 0.6) is 0 Å². The summed E-state index contributed by atoms with van der Waals surface area (Å²) < 4.78 is 5.75. The van der Waals surface area contributed by atoms with Gasteiger partial charge in [0.2, 0.25) is 0 Å². The molecule has 23 heavy (non-hydrogen) atoms. The number of hydrogen-bond donors (Lipinski definition) is 2. The third kappa shape index (κ3) is 6.15. The standard InChI is InChI=1S/C17H27N3OS.HI/c1-14-6-4-5-7-15(14)12-19-16(18-2)20-13-17(22-3)8-10-21-11-9-17;/h4-7H,8-13H2,1-3H3,(H2,18,19,20);1H.